The van der Waals surface area contributed by atoms with Gasteiger partial charge >= 0.3 is 0 Å². The summed E-state index contributed by atoms with van der Waals surface area (Å²) in [5, 5.41) is 4.25. The summed E-state index contributed by atoms with van der Waals surface area (Å²) in [5.74, 6) is 0.909. The fraction of sp³-hybridized carbons (Fsp3) is 0.556. The van der Waals surface area contributed by atoms with Gasteiger partial charge in [-0.2, -0.15) is 11.3 Å². The number of halogens is 1. The number of hydrogen-bond donors (Lipinski definition) is 1. The average Bonchev–Trinajstić information content (AvgIpc) is 2.72. The predicted molar refractivity (Wildman–Crippen MR) is 56.3 cm³/mol. The molecule has 2 rings (SSSR count). The minimum atomic E-state index is 0.248. The summed E-state index contributed by atoms with van der Waals surface area (Å²) in [6.45, 7) is 0. The summed E-state index contributed by atoms with van der Waals surface area (Å²) in [4.78, 5) is 0. The summed E-state index contributed by atoms with van der Waals surface area (Å²) in [5.41, 5.74) is 7.34. The highest BCUT2D eigenvalue weighted by Crippen LogP contribution is 2.38. The molecule has 1 heterocycles. The van der Waals surface area contributed by atoms with Crippen molar-refractivity contribution in [2.75, 3.05) is 0 Å². The summed E-state index contributed by atoms with van der Waals surface area (Å²) in [6.07, 6.45) is 3.93. The van der Waals surface area contributed by atoms with Crippen LogP contribution in [0.4, 0.5) is 0 Å². The standard InChI is InChI=1S/C9H12BrNS/c10-8-5-12-4-7(8)9(11)3-6-1-2-6/h4-6,9H,1-3,11H2/t9-/m1/s1. The maximum Gasteiger partial charge on any atom is 0.0330 e. The van der Waals surface area contributed by atoms with Gasteiger partial charge in [0.15, 0.2) is 0 Å². The van der Waals surface area contributed by atoms with Crippen LogP contribution in [0, 0.1) is 5.92 Å². The number of hydrogen-bond acceptors (Lipinski definition) is 2. The van der Waals surface area contributed by atoms with Gasteiger partial charge in [-0.25, -0.2) is 0 Å². The van der Waals surface area contributed by atoms with Crippen molar-refractivity contribution >= 4 is 27.3 Å². The third-order valence-corrected chi connectivity index (χ3v) is 4.08. The van der Waals surface area contributed by atoms with Crippen LogP contribution in [0.25, 0.3) is 0 Å². The second-order valence-electron chi connectivity index (χ2n) is 3.46. The smallest absolute Gasteiger partial charge is 0.0330 e. The molecular weight excluding hydrogens is 234 g/mol. The molecule has 1 fully saturated rings. The Kier molecular flexibility index (Phi) is 2.53. The van der Waals surface area contributed by atoms with Crippen molar-refractivity contribution in [2.45, 2.75) is 25.3 Å². The van der Waals surface area contributed by atoms with Crippen LogP contribution in [0.3, 0.4) is 0 Å². The molecule has 2 N–H and O–H groups in total. The van der Waals surface area contributed by atoms with Gasteiger partial charge in [0.05, 0.1) is 0 Å². The molecule has 1 nitrogen and oxygen atoms in total. The molecule has 0 aliphatic heterocycles. The van der Waals surface area contributed by atoms with Gasteiger partial charge in [0.1, 0.15) is 0 Å². The van der Waals surface area contributed by atoms with Crippen molar-refractivity contribution in [3.05, 3.63) is 20.8 Å². The van der Waals surface area contributed by atoms with E-state index in [1.54, 1.807) is 11.3 Å². The van der Waals surface area contributed by atoms with E-state index in [1.807, 2.05) is 0 Å². The molecule has 1 aromatic rings. The van der Waals surface area contributed by atoms with E-state index in [0.29, 0.717) is 0 Å². The summed E-state index contributed by atoms with van der Waals surface area (Å²) in [7, 11) is 0. The second-order valence-corrected chi connectivity index (χ2v) is 5.06. The Labute approximate surface area is 85.1 Å². The summed E-state index contributed by atoms with van der Waals surface area (Å²) >= 11 is 5.22. The normalized spacial score (nSPS) is 19.5. The van der Waals surface area contributed by atoms with E-state index < -0.39 is 0 Å². The zero-order valence-electron chi connectivity index (χ0n) is 6.79. The fourth-order valence-electron chi connectivity index (χ4n) is 1.40. The highest BCUT2D eigenvalue weighted by atomic mass is 79.9. The zero-order chi connectivity index (χ0) is 8.55. The Morgan fingerprint density at radius 3 is 2.83 bits per heavy atom. The molecular formula is C9H12BrNS. The maximum atomic E-state index is 6.06. The van der Waals surface area contributed by atoms with Crippen LogP contribution in [-0.4, -0.2) is 0 Å². The Hall–Kier alpha value is 0.140. The van der Waals surface area contributed by atoms with Crippen LogP contribution in [-0.2, 0) is 0 Å². The van der Waals surface area contributed by atoms with Crippen LogP contribution < -0.4 is 5.73 Å². The fourth-order valence-corrected chi connectivity index (χ4v) is 3.05. The molecule has 0 unspecified atom stereocenters. The molecule has 0 bridgehead atoms. The minimum Gasteiger partial charge on any atom is -0.324 e. The largest absolute Gasteiger partial charge is 0.324 e. The molecule has 0 saturated heterocycles. The molecule has 3 heteroatoms. The van der Waals surface area contributed by atoms with Gasteiger partial charge in [-0.05, 0) is 39.2 Å². The van der Waals surface area contributed by atoms with E-state index in [2.05, 4.69) is 26.7 Å². The molecule has 1 aromatic heterocycles. The van der Waals surface area contributed by atoms with Crippen LogP contribution in [0.15, 0.2) is 15.2 Å². The van der Waals surface area contributed by atoms with Gasteiger partial charge in [-0.3, -0.25) is 0 Å². The quantitative estimate of drug-likeness (QED) is 0.869. The summed E-state index contributed by atoms with van der Waals surface area (Å²) in [6, 6.07) is 0.248. The van der Waals surface area contributed by atoms with Crippen molar-refractivity contribution < 1.29 is 0 Å². The number of thiophene rings is 1. The van der Waals surface area contributed by atoms with Gasteiger partial charge in [0.25, 0.3) is 0 Å². The molecule has 1 saturated carbocycles. The van der Waals surface area contributed by atoms with Gasteiger partial charge in [0.2, 0.25) is 0 Å². The maximum absolute atomic E-state index is 6.06. The van der Waals surface area contributed by atoms with E-state index in [0.717, 1.165) is 12.3 Å². The first-order chi connectivity index (χ1) is 5.77. The van der Waals surface area contributed by atoms with Crippen molar-refractivity contribution in [1.29, 1.82) is 0 Å². The predicted octanol–water partition coefficient (Wildman–Crippen LogP) is 3.31. The first-order valence-electron chi connectivity index (χ1n) is 4.24. The van der Waals surface area contributed by atoms with Crippen LogP contribution in [0.5, 0.6) is 0 Å². The molecule has 1 aliphatic rings. The van der Waals surface area contributed by atoms with Crippen LogP contribution in [0.1, 0.15) is 30.9 Å². The van der Waals surface area contributed by atoms with Gasteiger partial charge < -0.3 is 5.73 Å². The highest BCUT2D eigenvalue weighted by Gasteiger charge is 2.25. The SMILES string of the molecule is N[C@H](CC1CC1)c1cscc1Br. The van der Waals surface area contributed by atoms with Crippen molar-refractivity contribution in [3.63, 3.8) is 0 Å². The Balaban J connectivity index is 2.02. The van der Waals surface area contributed by atoms with Crippen molar-refractivity contribution in [1.82, 2.24) is 0 Å². The Morgan fingerprint density at radius 2 is 2.33 bits per heavy atom. The first-order valence-corrected chi connectivity index (χ1v) is 5.98. The molecule has 0 amide bonds. The topological polar surface area (TPSA) is 26.0 Å². The van der Waals surface area contributed by atoms with Crippen molar-refractivity contribution in [3.8, 4) is 0 Å². The third kappa shape index (κ3) is 1.90. The van der Waals surface area contributed by atoms with Crippen LogP contribution >= 0.6 is 27.3 Å². The van der Waals surface area contributed by atoms with E-state index in [4.69, 9.17) is 5.73 Å². The second kappa shape index (κ2) is 3.48. The molecule has 66 valence electrons. The summed E-state index contributed by atoms with van der Waals surface area (Å²) < 4.78 is 1.18. The van der Waals surface area contributed by atoms with Gasteiger partial charge in [-0.1, -0.05) is 12.8 Å². The lowest BCUT2D eigenvalue weighted by molar-refractivity contribution is 0.597. The molecule has 0 aromatic carbocycles. The van der Waals surface area contributed by atoms with Crippen LogP contribution in [0.2, 0.25) is 0 Å². The lowest BCUT2D eigenvalue weighted by Crippen LogP contribution is -2.10. The molecule has 12 heavy (non-hydrogen) atoms. The van der Waals surface area contributed by atoms with E-state index >= 15 is 0 Å². The highest BCUT2D eigenvalue weighted by molar-refractivity contribution is 9.10. The Morgan fingerprint density at radius 1 is 1.58 bits per heavy atom. The molecule has 0 spiro atoms. The Bertz CT molecular complexity index is 267. The van der Waals surface area contributed by atoms with E-state index in [-0.39, 0.29) is 6.04 Å². The van der Waals surface area contributed by atoms with Crippen molar-refractivity contribution in [2.24, 2.45) is 11.7 Å². The zero-order valence-corrected chi connectivity index (χ0v) is 9.20. The first kappa shape index (κ1) is 8.73. The minimum absolute atomic E-state index is 0.248. The van der Waals surface area contributed by atoms with Gasteiger partial charge in [0, 0.05) is 15.9 Å². The molecule has 1 atom stereocenters. The third-order valence-electron chi connectivity index (χ3n) is 2.33. The monoisotopic (exact) mass is 245 g/mol. The lowest BCUT2D eigenvalue weighted by Gasteiger charge is -2.09. The lowest BCUT2D eigenvalue weighted by atomic mass is 10.1. The van der Waals surface area contributed by atoms with Gasteiger partial charge in [-0.15, -0.1) is 0 Å². The average molecular weight is 246 g/mol. The number of rotatable bonds is 3. The van der Waals surface area contributed by atoms with E-state index in [9.17, 15) is 0 Å². The molecule has 1 aliphatic carbocycles. The van der Waals surface area contributed by atoms with E-state index in [1.165, 1.54) is 22.9 Å². The number of nitrogens with two attached hydrogens (primary N) is 1. The molecule has 0 radical (unpaired) electrons.